The van der Waals surface area contributed by atoms with Crippen LogP contribution >= 0.6 is 11.3 Å². The van der Waals surface area contributed by atoms with Crippen LogP contribution in [0.3, 0.4) is 0 Å². The zero-order chi connectivity index (χ0) is 20.3. The van der Waals surface area contributed by atoms with Gasteiger partial charge in [0, 0.05) is 24.4 Å². The predicted octanol–water partition coefficient (Wildman–Crippen LogP) is 1.98. The van der Waals surface area contributed by atoms with Gasteiger partial charge in [-0.15, -0.1) is 11.3 Å². The number of nitrogens with zero attached hydrogens (tertiary/aromatic N) is 3. The molecule has 0 unspecified atom stereocenters. The smallest absolute Gasteiger partial charge is 0.262 e. The third-order valence-corrected chi connectivity index (χ3v) is 5.77. The molecule has 0 aliphatic heterocycles. The number of fused-ring (bicyclic) bond motifs is 1. The molecule has 7 nitrogen and oxygen atoms in total. The fraction of sp³-hybridized carbons (Fsp3) is 0.300. The van der Waals surface area contributed by atoms with Gasteiger partial charge in [-0.05, 0) is 25.0 Å². The fourth-order valence-corrected chi connectivity index (χ4v) is 3.96. The van der Waals surface area contributed by atoms with E-state index in [2.05, 4.69) is 4.98 Å². The van der Waals surface area contributed by atoms with Gasteiger partial charge < -0.3 is 10.6 Å². The van der Waals surface area contributed by atoms with Gasteiger partial charge in [0.2, 0.25) is 11.8 Å². The molecule has 0 aliphatic rings. The Labute approximate surface area is 166 Å². The van der Waals surface area contributed by atoms with Crippen LogP contribution in [0.15, 0.2) is 41.5 Å². The summed E-state index contributed by atoms with van der Waals surface area (Å²) in [4.78, 5) is 44.5. The quantitative estimate of drug-likeness (QED) is 0.658. The van der Waals surface area contributed by atoms with E-state index in [0.29, 0.717) is 16.8 Å². The minimum Gasteiger partial charge on any atom is -0.370 e. The van der Waals surface area contributed by atoms with Crippen molar-refractivity contribution >= 4 is 33.4 Å². The molecule has 2 amide bonds. The Bertz CT molecular complexity index is 1070. The summed E-state index contributed by atoms with van der Waals surface area (Å²) in [5, 5.41) is 0.560. The van der Waals surface area contributed by atoms with Crippen LogP contribution in [-0.4, -0.2) is 32.8 Å². The van der Waals surface area contributed by atoms with E-state index in [4.69, 9.17) is 5.73 Å². The Balaban J connectivity index is 1.85. The predicted molar refractivity (Wildman–Crippen MR) is 109 cm³/mol. The van der Waals surface area contributed by atoms with Gasteiger partial charge in [-0.25, -0.2) is 4.98 Å². The van der Waals surface area contributed by atoms with Crippen LogP contribution in [-0.2, 0) is 22.7 Å². The van der Waals surface area contributed by atoms with E-state index >= 15 is 0 Å². The molecular formula is C20H22N4O3S. The van der Waals surface area contributed by atoms with Gasteiger partial charge >= 0.3 is 0 Å². The average molecular weight is 398 g/mol. The van der Waals surface area contributed by atoms with E-state index in [-0.39, 0.29) is 31.0 Å². The van der Waals surface area contributed by atoms with Crippen molar-refractivity contribution in [1.82, 2.24) is 14.5 Å². The molecule has 0 aliphatic carbocycles. The maximum atomic E-state index is 12.9. The lowest BCUT2D eigenvalue weighted by atomic mass is 10.2. The van der Waals surface area contributed by atoms with Gasteiger partial charge in [-0.3, -0.25) is 19.0 Å². The molecule has 0 saturated heterocycles. The molecule has 28 heavy (non-hydrogen) atoms. The number of carbonyl (C=O) groups excluding carboxylic acids is 2. The van der Waals surface area contributed by atoms with Crippen LogP contribution in [0.5, 0.6) is 0 Å². The second-order valence-corrected chi connectivity index (χ2v) is 7.86. The number of rotatable bonds is 7. The number of thiophene rings is 1. The molecule has 0 atom stereocenters. The lowest BCUT2D eigenvalue weighted by Crippen LogP contribution is -2.38. The molecule has 1 aromatic carbocycles. The third kappa shape index (κ3) is 4.28. The van der Waals surface area contributed by atoms with Gasteiger partial charge in [-0.2, -0.15) is 0 Å². The van der Waals surface area contributed by atoms with Gasteiger partial charge in [-0.1, -0.05) is 30.3 Å². The normalized spacial score (nSPS) is 10.9. The largest absolute Gasteiger partial charge is 0.370 e. The highest BCUT2D eigenvalue weighted by molar-refractivity contribution is 7.18. The maximum Gasteiger partial charge on any atom is 0.262 e. The molecule has 0 radical (unpaired) electrons. The number of hydrogen-bond acceptors (Lipinski definition) is 5. The summed E-state index contributed by atoms with van der Waals surface area (Å²) < 4.78 is 1.33. The molecule has 0 fully saturated rings. The number of nitrogens with two attached hydrogens (primary N) is 1. The molecule has 8 heteroatoms. The Morgan fingerprint density at radius 2 is 1.93 bits per heavy atom. The van der Waals surface area contributed by atoms with Gasteiger partial charge in [0.05, 0.1) is 11.7 Å². The molecular weight excluding hydrogens is 376 g/mol. The fourth-order valence-electron chi connectivity index (χ4n) is 2.97. The highest BCUT2D eigenvalue weighted by Crippen LogP contribution is 2.25. The topological polar surface area (TPSA) is 98.3 Å². The van der Waals surface area contributed by atoms with E-state index in [1.165, 1.54) is 22.2 Å². The SMILES string of the molecule is Cc1sc2ncn(CC(=O)N(CCC(N)=O)Cc3ccccc3)c(=O)c2c1C. The van der Waals surface area contributed by atoms with Crippen molar-refractivity contribution in [3.05, 3.63) is 63.0 Å². The molecule has 0 bridgehead atoms. The summed E-state index contributed by atoms with van der Waals surface area (Å²) in [6.07, 6.45) is 1.47. The number of aromatic nitrogens is 2. The first-order chi connectivity index (χ1) is 13.4. The van der Waals surface area contributed by atoms with Crippen molar-refractivity contribution in [2.75, 3.05) is 6.54 Å². The number of carbonyl (C=O) groups is 2. The van der Waals surface area contributed by atoms with Crippen LogP contribution in [0.4, 0.5) is 0 Å². The Morgan fingerprint density at radius 3 is 2.61 bits per heavy atom. The van der Waals surface area contributed by atoms with E-state index in [1.807, 2.05) is 44.2 Å². The number of primary amides is 1. The minimum absolute atomic E-state index is 0.0631. The highest BCUT2D eigenvalue weighted by Gasteiger charge is 2.18. The average Bonchev–Trinajstić information content (AvgIpc) is 2.96. The number of benzene rings is 1. The van der Waals surface area contributed by atoms with E-state index in [1.54, 1.807) is 4.90 Å². The molecule has 3 aromatic rings. The van der Waals surface area contributed by atoms with Crippen LogP contribution in [0, 0.1) is 13.8 Å². The monoisotopic (exact) mass is 398 g/mol. The summed E-state index contributed by atoms with van der Waals surface area (Å²) in [6, 6.07) is 9.47. The van der Waals surface area contributed by atoms with Crippen LogP contribution in [0.25, 0.3) is 10.2 Å². The third-order valence-electron chi connectivity index (χ3n) is 4.66. The zero-order valence-corrected chi connectivity index (χ0v) is 16.7. The lowest BCUT2D eigenvalue weighted by molar-refractivity contribution is -0.133. The summed E-state index contributed by atoms with van der Waals surface area (Å²) in [7, 11) is 0. The van der Waals surface area contributed by atoms with Crippen molar-refractivity contribution in [2.45, 2.75) is 33.4 Å². The number of amides is 2. The van der Waals surface area contributed by atoms with E-state index < -0.39 is 5.91 Å². The molecule has 0 saturated carbocycles. The Hall–Kier alpha value is -3.00. The van der Waals surface area contributed by atoms with E-state index in [9.17, 15) is 14.4 Å². The van der Waals surface area contributed by atoms with Crippen LogP contribution in [0.1, 0.15) is 22.4 Å². The van der Waals surface area contributed by atoms with Crippen LogP contribution < -0.4 is 11.3 Å². The zero-order valence-electron chi connectivity index (χ0n) is 15.8. The molecule has 0 spiro atoms. The van der Waals surface area contributed by atoms with Crippen molar-refractivity contribution < 1.29 is 9.59 Å². The van der Waals surface area contributed by atoms with Crippen molar-refractivity contribution in [3.8, 4) is 0 Å². The van der Waals surface area contributed by atoms with Gasteiger partial charge in [0.1, 0.15) is 11.4 Å². The summed E-state index contributed by atoms with van der Waals surface area (Å²) in [5.74, 6) is -0.742. The molecule has 2 aromatic heterocycles. The first kappa shape index (κ1) is 19.8. The summed E-state index contributed by atoms with van der Waals surface area (Å²) in [5.41, 5.74) is 6.86. The van der Waals surface area contributed by atoms with E-state index in [0.717, 1.165) is 16.0 Å². The number of hydrogen-bond donors (Lipinski definition) is 1. The Morgan fingerprint density at radius 1 is 1.21 bits per heavy atom. The molecule has 2 N–H and O–H groups in total. The Kier molecular flexibility index (Phi) is 5.89. The van der Waals surface area contributed by atoms with Gasteiger partial charge in [0.25, 0.3) is 5.56 Å². The first-order valence-corrected chi connectivity index (χ1v) is 9.73. The number of aryl methyl sites for hydroxylation is 2. The van der Waals surface area contributed by atoms with Crippen molar-refractivity contribution in [2.24, 2.45) is 5.73 Å². The molecule has 3 rings (SSSR count). The van der Waals surface area contributed by atoms with Crippen molar-refractivity contribution in [1.29, 1.82) is 0 Å². The van der Waals surface area contributed by atoms with Crippen LogP contribution in [0.2, 0.25) is 0 Å². The first-order valence-electron chi connectivity index (χ1n) is 8.92. The standard InChI is InChI=1S/C20H22N4O3S/c1-13-14(2)28-19-18(13)20(27)24(12-22-19)11-17(26)23(9-8-16(21)25)10-15-6-4-3-5-7-15/h3-7,12H,8-11H2,1-2H3,(H2,21,25). The maximum absolute atomic E-state index is 12.9. The molecule has 2 heterocycles. The second-order valence-electron chi connectivity index (χ2n) is 6.66. The summed E-state index contributed by atoms with van der Waals surface area (Å²) in [6.45, 7) is 4.24. The highest BCUT2D eigenvalue weighted by atomic mass is 32.1. The minimum atomic E-state index is -0.476. The lowest BCUT2D eigenvalue weighted by Gasteiger charge is -2.22. The second kappa shape index (κ2) is 8.35. The van der Waals surface area contributed by atoms with Gasteiger partial charge in [0.15, 0.2) is 0 Å². The molecule has 146 valence electrons. The summed E-state index contributed by atoms with van der Waals surface area (Å²) >= 11 is 1.47. The van der Waals surface area contributed by atoms with Crippen molar-refractivity contribution in [3.63, 3.8) is 0 Å².